The molecule has 206 valence electrons. The molecule has 0 aliphatic heterocycles. The maximum Gasteiger partial charge on any atom is 0.275 e. The van der Waals surface area contributed by atoms with E-state index in [9.17, 15) is 13.2 Å². The van der Waals surface area contributed by atoms with E-state index in [4.69, 9.17) is 11.1 Å². The van der Waals surface area contributed by atoms with E-state index in [-0.39, 0.29) is 37.2 Å². The van der Waals surface area contributed by atoms with Crippen LogP contribution in [0.25, 0.3) is 11.3 Å². The van der Waals surface area contributed by atoms with Crippen molar-refractivity contribution in [3.8, 4) is 11.3 Å². The van der Waals surface area contributed by atoms with Crippen molar-refractivity contribution < 1.29 is 8.42 Å². The lowest BCUT2D eigenvalue weighted by atomic mass is 10.1. The lowest BCUT2D eigenvalue weighted by Gasteiger charge is -2.16. The first-order chi connectivity index (χ1) is 17.8. The van der Waals surface area contributed by atoms with Crippen molar-refractivity contribution in [2.75, 3.05) is 11.9 Å². The lowest BCUT2D eigenvalue weighted by molar-refractivity contribution is 0.567. The number of hydrogen-bond acceptors (Lipinski definition) is 5. The molecule has 11 heteroatoms. The molecule has 5 N–H and O–H groups in total. The summed E-state index contributed by atoms with van der Waals surface area (Å²) >= 11 is 0. The molecule has 0 fully saturated rings. The third-order valence-electron chi connectivity index (χ3n) is 5.88. The van der Waals surface area contributed by atoms with Crippen LogP contribution in [0, 0.1) is 5.41 Å². The van der Waals surface area contributed by atoms with Gasteiger partial charge in [0.25, 0.3) is 5.56 Å². The molecule has 0 radical (unpaired) electrons. The normalized spacial score (nSPS) is 10.7. The number of anilines is 1. The maximum absolute atomic E-state index is 13.4. The highest BCUT2D eigenvalue weighted by Crippen LogP contribution is 2.20. The number of nitrogens with two attached hydrogens (primary N) is 1. The number of aromatic nitrogens is 1. The van der Waals surface area contributed by atoms with Crippen molar-refractivity contribution >= 4 is 46.4 Å². The summed E-state index contributed by atoms with van der Waals surface area (Å²) in [7, 11) is -3.87. The molecule has 0 aliphatic carbocycles. The van der Waals surface area contributed by atoms with Crippen LogP contribution >= 0.6 is 24.8 Å². The molecule has 4 aromatic rings. The summed E-state index contributed by atoms with van der Waals surface area (Å²) in [5.41, 5.74) is 9.06. The highest BCUT2D eigenvalue weighted by molar-refractivity contribution is 7.88. The summed E-state index contributed by atoms with van der Waals surface area (Å²) < 4.78 is 29.9. The van der Waals surface area contributed by atoms with Crippen molar-refractivity contribution in [2.45, 2.75) is 18.8 Å². The third-order valence-corrected chi connectivity index (χ3v) is 7.06. The number of halogens is 2. The van der Waals surface area contributed by atoms with Gasteiger partial charge in [0.1, 0.15) is 17.4 Å². The number of amidine groups is 1. The van der Waals surface area contributed by atoms with Gasteiger partial charge in [-0.1, -0.05) is 84.9 Å². The number of pyridine rings is 1. The van der Waals surface area contributed by atoms with Gasteiger partial charge in [-0.25, -0.2) is 13.1 Å². The predicted molar refractivity (Wildman–Crippen MR) is 162 cm³/mol. The topological polar surface area (TPSA) is 130 Å². The number of nitrogen functional groups attached to an aromatic ring is 1. The van der Waals surface area contributed by atoms with Crippen molar-refractivity contribution in [1.29, 1.82) is 5.41 Å². The van der Waals surface area contributed by atoms with Gasteiger partial charge < -0.3 is 11.1 Å². The Labute approximate surface area is 240 Å². The monoisotopic (exact) mass is 587 g/mol. The molecule has 1 aromatic heterocycles. The minimum atomic E-state index is -3.87. The number of benzene rings is 3. The van der Waals surface area contributed by atoms with E-state index in [1.54, 1.807) is 36.4 Å². The van der Waals surface area contributed by atoms with E-state index in [0.717, 1.165) is 17.5 Å². The Morgan fingerprint density at radius 2 is 1.44 bits per heavy atom. The van der Waals surface area contributed by atoms with E-state index in [1.165, 1.54) is 4.57 Å². The Balaban J connectivity index is 0.00000267. The van der Waals surface area contributed by atoms with Gasteiger partial charge >= 0.3 is 0 Å². The summed E-state index contributed by atoms with van der Waals surface area (Å²) in [6.07, 6.45) is 0.725. The van der Waals surface area contributed by atoms with Crippen LogP contribution in [0.3, 0.4) is 0 Å². The van der Waals surface area contributed by atoms with Crippen LogP contribution in [0.1, 0.15) is 16.7 Å². The van der Waals surface area contributed by atoms with Crippen molar-refractivity contribution in [2.24, 2.45) is 5.73 Å². The second-order valence-electron chi connectivity index (χ2n) is 8.57. The number of rotatable bonds is 11. The van der Waals surface area contributed by atoms with Gasteiger partial charge in [-0.15, -0.1) is 24.8 Å². The third kappa shape index (κ3) is 8.69. The van der Waals surface area contributed by atoms with Crippen molar-refractivity contribution in [1.82, 2.24) is 9.29 Å². The zero-order chi connectivity index (χ0) is 26.3. The average molecular weight is 589 g/mol. The first kappa shape index (κ1) is 31.6. The zero-order valence-electron chi connectivity index (χ0n) is 21.0. The molecule has 0 atom stereocenters. The molecule has 1 heterocycles. The number of nitrogens with zero attached hydrogens (tertiary/aromatic N) is 1. The molecule has 0 saturated carbocycles. The van der Waals surface area contributed by atoms with Crippen LogP contribution in [-0.2, 0) is 28.9 Å². The first-order valence-corrected chi connectivity index (χ1v) is 13.5. The fraction of sp³-hybridized carbons (Fsp3) is 0.143. The van der Waals surface area contributed by atoms with Gasteiger partial charge in [0, 0.05) is 18.7 Å². The van der Waals surface area contributed by atoms with Crippen molar-refractivity contribution in [3.63, 3.8) is 0 Å². The highest BCUT2D eigenvalue weighted by Gasteiger charge is 2.18. The van der Waals surface area contributed by atoms with Crippen LogP contribution in [0.4, 0.5) is 5.69 Å². The maximum atomic E-state index is 13.4. The van der Waals surface area contributed by atoms with Gasteiger partial charge in [0.2, 0.25) is 10.0 Å². The Bertz CT molecular complexity index is 1530. The largest absolute Gasteiger partial charge is 0.384 e. The molecule has 0 saturated heterocycles. The first-order valence-electron chi connectivity index (χ1n) is 11.8. The summed E-state index contributed by atoms with van der Waals surface area (Å²) in [5, 5.41) is 10.6. The Morgan fingerprint density at radius 1 is 0.821 bits per heavy atom. The van der Waals surface area contributed by atoms with E-state index < -0.39 is 21.5 Å². The molecular formula is C28H31Cl2N5O3S. The van der Waals surface area contributed by atoms with Gasteiger partial charge in [-0.05, 0) is 35.2 Å². The fourth-order valence-corrected chi connectivity index (χ4v) is 4.97. The van der Waals surface area contributed by atoms with Crippen molar-refractivity contribution in [3.05, 3.63) is 124 Å². The zero-order valence-corrected chi connectivity index (χ0v) is 23.5. The van der Waals surface area contributed by atoms with Crippen LogP contribution < -0.4 is 21.3 Å². The van der Waals surface area contributed by atoms with Crippen LogP contribution in [0.2, 0.25) is 0 Å². The van der Waals surface area contributed by atoms with E-state index in [2.05, 4.69) is 10.0 Å². The standard InChI is InChI=1S/C28H29N5O3S.2ClH/c29-27(30)24-13-11-22(12-14-24)19-32-37(35,36)20-33-26(23-9-5-2-6-10-23)16-15-25(28(33)34)31-18-17-21-7-3-1-4-8-21;;/h1-16,31-32H,17-20H2,(H3,29,30);2*1H. The minimum Gasteiger partial charge on any atom is -0.384 e. The molecule has 4 rings (SSSR count). The van der Waals surface area contributed by atoms with Crippen LogP contribution in [0.5, 0.6) is 0 Å². The quantitative estimate of drug-likeness (QED) is 0.153. The minimum absolute atomic E-state index is 0. The van der Waals surface area contributed by atoms with Crippen LogP contribution in [0.15, 0.2) is 102 Å². The number of sulfonamides is 1. The Morgan fingerprint density at radius 3 is 2.05 bits per heavy atom. The summed E-state index contributed by atoms with van der Waals surface area (Å²) in [6, 6.07) is 29.3. The summed E-state index contributed by atoms with van der Waals surface area (Å²) in [4.78, 5) is 13.4. The molecule has 0 spiro atoms. The molecule has 0 unspecified atom stereocenters. The Hall–Kier alpha value is -3.63. The molecule has 39 heavy (non-hydrogen) atoms. The molecule has 3 aromatic carbocycles. The fourth-order valence-electron chi connectivity index (χ4n) is 3.90. The summed E-state index contributed by atoms with van der Waals surface area (Å²) in [6.45, 7) is 0.580. The Kier molecular flexibility index (Phi) is 11.7. The predicted octanol–water partition coefficient (Wildman–Crippen LogP) is 4.37. The average Bonchev–Trinajstić information content (AvgIpc) is 2.91. The van der Waals surface area contributed by atoms with E-state index in [0.29, 0.717) is 29.1 Å². The molecular weight excluding hydrogens is 557 g/mol. The second kappa shape index (κ2) is 14.5. The lowest BCUT2D eigenvalue weighted by Crippen LogP contribution is -2.33. The van der Waals surface area contributed by atoms with E-state index >= 15 is 0 Å². The van der Waals surface area contributed by atoms with E-state index in [1.807, 2.05) is 60.7 Å². The molecule has 0 amide bonds. The molecule has 0 aliphatic rings. The van der Waals surface area contributed by atoms with Gasteiger partial charge in [-0.3, -0.25) is 14.8 Å². The smallest absolute Gasteiger partial charge is 0.275 e. The molecule has 8 nitrogen and oxygen atoms in total. The van der Waals surface area contributed by atoms with Gasteiger partial charge in [0.15, 0.2) is 0 Å². The van der Waals surface area contributed by atoms with Gasteiger partial charge in [-0.2, -0.15) is 0 Å². The molecule has 0 bridgehead atoms. The summed E-state index contributed by atoms with van der Waals surface area (Å²) in [5.74, 6) is -0.590. The SMILES string of the molecule is Cl.Cl.N=C(N)c1ccc(CNS(=O)(=O)Cn2c(-c3ccccc3)ccc(NCCc3ccccc3)c2=O)cc1. The second-order valence-corrected chi connectivity index (χ2v) is 10.3. The number of hydrogen-bond donors (Lipinski definition) is 4. The number of nitrogens with one attached hydrogen (secondary N) is 3. The van der Waals surface area contributed by atoms with Gasteiger partial charge in [0.05, 0.1) is 5.69 Å². The van der Waals surface area contributed by atoms with Crippen LogP contribution in [-0.4, -0.2) is 25.4 Å². The highest BCUT2D eigenvalue weighted by atomic mass is 35.5.